The van der Waals surface area contributed by atoms with Crippen molar-refractivity contribution in [3.8, 4) is 5.75 Å². The van der Waals surface area contributed by atoms with Gasteiger partial charge in [-0.2, -0.15) is 0 Å². The number of amidine groups is 1. The normalized spacial score (nSPS) is 22.8. The van der Waals surface area contributed by atoms with Crippen molar-refractivity contribution < 1.29 is 4.74 Å². The van der Waals surface area contributed by atoms with E-state index in [0.29, 0.717) is 5.25 Å². The molecule has 1 saturated carbocycles. The summed E-state index contributed by atoms with van der Waals surface area (Å²) in [5, 5.41) is 5.10. The van der Waals surface area contributed by atoms with Crippen LogP contribution in [0.2, 0.25) is 0 Å². The Bertz CT molecular complexity index is 488. The SMILES string of the molecule is COc1cc(Br)cc(NC2=NCC(C3CC3)S2)c1. The Balaban J connectivity index is 1.67. The summed E-state index contributed by atoms with van der Waals surface area (Å²) in [7, 11) is 1.68. The molecule has 1 aromatic rings. The summed E-state index contributed by atoms with van der Waals surface area (Å²) in [5.41, 5.74) is 1.02. The van der Waals surface area contributed by atoms with E-state index < -0.39 is 0 Å². The highest BCUT2D eigenvalue weighted by Crippen LogP contribution is 2.42. The second kappa shape index (κ2) is 5.13. The Morgan fingerprint density at radius 1 is 1.39 bits per heavy atom. The molecule has 1 N–H and O–H groups in total. The molecule has 1 atom stereocenters. The minimum absolute atomic E-state index is 0.696. The molecule has 1 aromatic carbocycles. The predicted molar refractivity (Wildman–Crippen MR) is 80.7 cm³/mol. The third kappa shape index (κ3) is 2.83. The quantitative estimate of drug-likeness (QED) is 0.918. The van der Waals surface area contributed by atoms with Crippen molar-refractivity contribution in [1.29, 1.82) is 0 Å². The van der Waals surface area contributed by atoms with Crippen LogP contribution < -0.4 is 10.1 Å². The first-order valence-corrected chi connectivity index (χ1v) is 7.74. The lowest BCUT2D eigenvalue weighted by atomic mass is 10.3. The fourth-order valence-corrected chi connectivity index (χ4v) is 3.75. The molecule has 2 aliphatic rings. The number of hydrogen-bond donors (Lipinski definition) is 1. The van der Waals surface area contributed by atoms with E-state index in [4.69, 9.17) is 4.74 Å². The second-order valence-electron chi connectivity index (χ2n) is 4.64. The summed E-state index contributed by atoms with van der Waals surface area (Å²) < 4.78 is 6.26. The number of aliphatic imine (C=N–C) groups is 1. The zero-order valence-electron chi connectivity index (χ0n) is 10.1. The molecule has 0 aromatic heterocycles. The molecule has 1 unspecified atom stereocenters. The summed E-state index contributed by atoms with van der Waals surface area (Å²) in [6, 6.07) is 5.97. The highest BCUT2D eigenvalue weighted by atomic mass is 79.9. The molecular weight excluding hydrogens is 312 g/mol. The van der Waals surface area contributed by atoms with Crippen molar-refractivity contribution in [1.82, 2.24) is 0 Å². The number of thioether (sulfide) groups is 1. The predicted octanol–water partition coefficient (Wildman–Crippen LogP) is 3.75. The summed E-state index contributed by atoms with van der Waals surface area (Å²) in [6.45, 7) is 0.961. The van der Waals surface area contributed by atoms with E-state index in [1.807, 2.05) is 30.0 Å². The standard InChI is InChI=1S/C13H15BrN2OS/c1-17-11-5-9(14)4-10(6-11)16-13-15-7-12(18-13)8-2-3-8/h4-6,8,12H,2-3,7H2,1H3,(H,15,16). The summed E-state index contributed by atoms with van der Waals surface area (Å²) >= 11 is 5.36. The van der Waals surface area contributed by atoms with Gasteiger partial charge >= 0.3 is 0 Å². The van der Waals surface area contributed by atoms with Gasteiger partial charge in [0.05, 0.1) is 13.7 Å². The van der Waals surface area contributed by atoms with Crippen LogP contribution in [0.5, 0.6) is 5.75 Å². The highest BCUT2D eigenvalue weighted by molar-refractivity contribution is 9.10. The van der Waals surface area contributed by atoms with E-state index in [1.165, 1.54) is 12.8 Å². The van der Waals surface area contributed by atoms with Gasteiger partial charge in [-0.25, -0.2) is 0 Å². The van der Waals surface area contributed by atoms with Crippen molar-refractivity contribution >= 4 is 38.5 Å². The lowest BCUT2D eigenvalue weighted by Gasteiger charge is -2.09. The van der Waals surface area contributed by atoms with Crippen LogP contribution in [0.25, 0.3) is 0 Å². The molecule has 1 heterocycles. The minimum atomic E-state index is 0.696. The zero-order valence-corrected chi connectivity index (χ0v) is 12.6. The molecule has 1 aliphatic heterocycles. The van der Waals surface area contributed by atoms with Crippen LogP contribution in [0, 0.1) is 5.92 Å². The molecular formula is C13H15BrN2OS. The smallest absolute Gasteiger partial charge is 0.161 e. The fourth-order valence-electron chi connectivity index (χ4n) is 2.05. The van der Waals surface area contributed by atoms with Crippen molar-refractivity contribution in [2.45, 2.75) is 18.1 Å². The van der Waals surface area contributed by atoms with E-state index in [2.05, 4.69) is 26.2 Å². The second-order valence-corrected chi connectivity index (χ2v) is 6.79. The summed E-state index contributed by atoms with van der Waals surface area (Å²) in [4.78, 5) is 4.57. The molecule has 0 bridgehead atoms. The number of benzene rings is 1. The molecule has 96 valence electrons. The van der Waals surface area contributed by atoms with E-state index in [-0.39, 0.29) is 0 Å². The van der Waals surface area contributed by atoms with Gasteiger partial charge in [0.15, 0.2) is 5.17 Å². The van der Waals surface area contributed by atoms with E-state index >= 15 is 0 Å². The van der Waals surface area contributed by atoms with Gasteiger partial charge in [0, 0.05) is 21.5 Å². The third-order valence-electron chi connectivity index (χ3n) is 3.18. The number of methoxy groups -OCH3 is 1. The van der Waals surface area contributed by atoms with Gasteiger partial charge in [0.2, 0.25) is 0 Å². The fraction of sp³-hybridized carbons (Fsp3) is 0.462. The Morgan fingerprint density at radius 3 is 2.94 bits per heavy atom. The Kier molecular flexibility index (Phi) is 3.52. The monoisotopic (exact) mass is 326 g/mol. The van der Waals surface area contributed by atoms with E-state index in [9.17, 15) is 0 Å². The Labute approximate surface area is 120 Å². The zero-order chi connectivity index (χ0) is 12.5. The number of nitrogens with one attached hydrogen (secondary N) is 1. The first-order valence-electron chi connectivity index (χ1n) is 6.07. The largest absolute Gasteiger partial charge is 0.497 e. The average Bonchev–Trinajstić information content (AvgIpc) is 3.10. The lowest BCUT2D eigenvalue weighted by Crippen LogP contribution is -2.09. The maximum Gasteiger partial charge on any atom is 0.161 e. The van der Waals surface area contributed by atoms with Gasteiger partial charge in [0.25, 0.3) is 0 Å². The Morgan fingerprint density at radius 2 is 2.22 bits per heavy atom. The van der Waals surface area contributed by atoms with Crippen LogP contribution in [0.15, 0.2) is 27.7 Å². The molecule has 0 radical (unpaired) electrons. The van der Waals surface area contributed by atoms with E-state index in [0.717, 1.165) is 33.5 Å². The summed E-state index contributed by atoms with van der Waals surface area (Å²) in [5.74, 6) is 1.74. The van der Waals surface area contributed by atoms with E-state index in [1.54, 1.807) is 7.11 Å². The van der Waals surface area contributed by atoms with Crippen molar-refractivity contribution in [3.05, 3.63) is 22.7 Å². The summed E-state index contributed by atoms with van der Waals surface area (Å²) in [6.07, 6.45) is 2.76. The Hall–Kier alpha value is -0.680. The van der Waals surface area contributed by atoms with Gasteiger partial charge < -0.3 is 10.1 Å². The maximum atomic E-state index is 5.25. The minimum Gasteiger partial charge on any atom is -0.497 e. The van der Waals surface area contributed by atoms with Gasteiger partial charge in [0.1, 0.15) is 5.75 Å². The topological polar surface area (TPSA) is 33.6 Å². The van der Waals surface area contributed by atoms with Crippen LogP contribution in [0.1, 0.15) is 12.8 Å². The molecule has 0 saturated heterocycles. The number of hydrogen-bond acceptors (Lipinski definition) is 4. The van der Waals surface area contributed by atoms with Crippen molar-refractivity contribution in [2.75, 3.05) is 19.0 Å². The molecule has 3 nitrogen and oxygen atoms in total. The van der Waals surface area contributed by atoms with Crippen LogP contribution in [0.4, 0.5) is 5.69 Å². The number of anilines is 1. The van der Waals surface area contributed by atoms with Crippen LogP contribution in [-0.4, -0.2) is 24.1 Å². The molecule has 0 spiro atoms. The highest BCUT2D eigenvalue weighted by Gasteiger charge is 2.35. The molecule has 0 amide bonds. The average molecular weight is 327 g/mol. The van der Waals surface area contributed by atoms with Crippen molar-refractivity contribution in [2.24, 2.45) is 10.9 Å². The number of halogens is 1. The number of ether oxygens (including phenoxy) is 1. The number of rotatable bonds is 3. The van der Waals surface area contributed by atoms with Gasteiger partial charge in [-0.3, -0.25) is 4.99 Å². The molecule has 1 fully saturated rings. The lowest BCUT2D eigenvalue weighted by molar-refractivity contribution is 0.415. The third-order valence-corrected chi connectivity index (χ3v) is 4.93. The molecule has 5 heteroatoms. The molecule has 18 heavy (non-hydrogen) atoms. The maximum absolute atomic E-state index is 5.25. The van der Waals surface area contributed by atoms with Gasteiger partial charge in [-0.1, -0.05) is 27.7 Å². The van der Waals surface area contributed by atoms with Crippen LogP contribution in [-0.2, 0) is 0 Å². The van der Waals surface area contributed by atoms with Crippen LogP contribution >= 0.6 is 27.7 Å². The van der Waals surface area contributed by atoms with Gasteiger partial charge in [-0.05, 0) is 30.9 Å². The molecule has 1 aliphatic carbocycles. The first kappa shape index (κ1) is 12.4. The molecule has 3 rings (SSSR count). The van der Waals surface area contributed by atoms with Gasteiger partial charge in [-0.15, -0.1) is 0 Å². The first-order chi connectivity index (χ1) is 8.74. The number of nitrogens with zero attached hydrogens (tertiary/aromatic N) is 1. The van der Waals surface area contributed by atoms with Crippen LogP contribution in [0.3, 0.4) is 0 Å². The van der Waals surface area contributed by atoms with Crippen molar-refractivity contribution in [3.63, 3.8) is 0 Å².